The van der Waals surface area contributed by atoms with E-state index in [0.717, 1.165) is 31.8 Å². The van der Waals surface area contributed by atoms with Crippen molar-refractivity contribution in [1.82, 2.24) is 0 Å². The van der Waals surface area contributed by atoms with Crippen LogP contribution in [0.3, 0.4) is 0 Å². The van der Waals surface area contributed by atoms with Crippen molar-refractivity contribution < 1.29 is 13.2 Å². The molecule has 0 spiro atoms. The van der Waals surface area contributed by atoms with Crippen molar-refractivity contribution in [2.75, 3.05) is 24.6 Å². The van der Waals surface area contributed by atoms with E-state index < -0.39 is 10.0 Å². The predicted octanol–water partition coefficient (Wildman–Crippen LogP) is 1.99. The summed E-state index contributed by atoms with van der Waals surface area (Å²) in [7, 11) is -3.64. The second-order valence-electron chi connectivity index (χ2n) is 5.02. The lowest BCUT2D eigenvalue weighted by Crippen LogP contribution is -2.30. The van der Waals surface area contributed by atoms with E-state index in [9.17, 15) is 8.42 Å². The highest BCUT2D eigenvalue weighted by Gasteiger charge is 2.29. The van der Waals surface area contributed by atoms with E-state index in [1.807, 2.05) is 13.0 Å². The Labute approximate surface area is 123 Å². The molecule has 3 rings (SSSR count). The van der Waals surface area contributed by atoms with Crippen LogP contribution in [0.15, 0.2) is 27.5 Å². The Bertz CT molecular complexity index is 672. The summed E-state index contributed by atoms with van der Waals surface area (Å²) in [4.78, 5) is 2.33. The highest BCUT2D eigenvalue weighted by Crippen LogP contribution is 2.32. The largest absolute Gasteiger partial charge is 0.377 e. The van der Waals surface area contributed by atoms with Gasteiger partial charge >= 0.3 is 0 Å². The van der Waals surface area contributed by atoms with Crippen LogP contribution in [-0.4, -0.2) is 39.4 Å². The van der Waals surface area contributed by atoms with E-state index in [1.54, 1.807) is 12.1 Å². The average Bonchev–Trinajstić information content (AvgIpc) is 2.56. The molecule has 2 aliphatic rings. The average molecular weight is 315 g/mol. The Balaban J connectivity index is 1.98. The van der Waals surface area contributed by atoms with Gasteiger partial charge < -0.3 is 9.64 Å². The van der Waals surface area contributed by atoms with Gasteiger partial charge in [-0.15, -0.1) is 4.40 Å². The van der Waals surface area contributed by atoms with E-state index in [4.69, 9.17) is 16.3 Å². The van der Waals surface area contributed by atoms with Crippen LogP contribution in [0.2, 0.25) is 0 Å². The maximum absolute atomic E-state index is 11.9. The van der Waals surface area contributed by atoms with Crippen LogP contribution in [0.4, 0.5) is 5.69 Å². The van der Waals surface area contributed by atoms with Crippen LogP contribution in [-0.2, 0) is 14.8 Å². The van der Waals surface area contributed by atoms with Gasteiger partial charge in [0.25, 0.3) is 10.0 Å². The van der Waals surface area contributed by atoms with Gasteiger partial charge in [0, 0.05) is 30.9 Å². The van der Waals surface area contributed by atoms with Crippen LogP contribution in [0.1, 0.15) is 18.9 Å². The number of benzene rings is 1. The molecule has 1 fully saturated rings. The number of ether oxygens (including phenoxy) is 1. The minimum Gasteiger partial charge on any atom is -0.377 e. The molecule has 108 valence electrons. The standard InChI is InChI=1S/C13H15ClN2O3S/c1-9-8-16(5-2-6-19-9)10-3-4-11-12(7-10)20(17,18)15-13(11)14/h3-4,7,9H,2,5-6,8H2,1H3. The topological polar surface area (TPSA) is 59.0 Å². The Morgan fingerprint density at radius 1 is 1.45 bits per heavy atom. The lowest BCUT2D eigenvalue weighted by atomic mass is 10.2. The van der Waals surface area contributed by atoms with Crippen LogP contribution in [0.25, 0.3) is 0 Å². The van der Waals surface area contributed by atoms with Gasteiger partial charge in [-0.05, 0) is 31.5 Å². The van der Waals surface area contributed by atoms with Crippen molar-refractivity contribution in [2.45, 2.75) is 24.3 Å². The molecule has 0 amide bonds. The number of fused-ring (bicyclic) bond motifs is 1. The maximum atomic E-state index is 11.9. The lowest BCUT2D eigenvalue weighted by Gasteiger charge is -2.24. The van der Waals surface area contributed by atoms with Crippen LogP contribution < -0.4 is 4.90 Å². The molecule has 1 saturated heterocycles. The molecule has 0 aliphatic carbocycles. The molecule has 5 nitrogen and oxygen atoms in total. The molecule has 0 radical (unpaired) electrons. The Kier molecular flexibility index (Phi) is 3.48. The van der Waals surface area contributed by atoms with Gasteiger partial charge in [0.1, 0.15) is 4.90 Å². The van der Waals surface area contributed by atoms with Crippen LogP contribution in [0, 0.1) is 0 Å². The summed E-state index contributed by atoms with van der Waals surface area (Å²) < 4.78 is 33.0. The summed E-state index contributed by atoms with van der Waals surface area (Å²) in [6.45, 7) is 4.34. The van der Waals surface area contributed by atoms with Gasteiger partial charge in [0.2, 0.25) is 0 Å². The zero-order valence-electron chi connectivity index (χ0n) is 11.0. The molecule has 1 aromatic rings. The summed E-state index contributed by atoms with van der Waals surface area (Å²) in [6.07, 6.45) is 1.05. The highest BCUT2D eigenvalue weighted by atomic mass is 35.5. The molecule has 0 saturated carbocycles. The smallest absolute Gasteiger partial charge is 0.284 e. The van der Waals surface area contributed by atoms with E-state index in [1.165, 1.54) is 0 Å². The third kappa shape index (κ3) is 2.43. The zero-order valence-corrected chi connectivity index (χ0v) is 12.6. The molecular formula is C13H15ClN2O3S. The van der Waals surface area contributed by atoms with Gasteiger partial charge in [0.15, 0.2) is 5.17 Å². The van der Waals surface area contributed by atoms with Gasteiger partial charge in [-0.2, -0.15) is 8.42 Å². The minimum atomic E-state index is -3.64. The van der Waals surface area contributed by atoms with E-state index in [0.29, 0.717) is 5.56 Å². The fourth-order valence-electron chi connectivity index (χ4n) is 2.52. The van der Waals surface area contributed by atoms with Gasteiger partial charge in [-0.25, -0.2) is 0 Å². The number of hydrogen-bond donors (Lipinski definition) is 0. The molecule has 1 aromatic carbocycles. The fraction of sp³-hybridized carbons (Fsp3) is 0.462. The number of rotatable bonds is 1. The molecular weight excluding hydrogens is 300 g/mol. The third-order valence-electron chi connectivity index (χ3n) is 3.48. The first kappa shape index (κ1) is 13.9. The molecule has 7 heteroatoms. The van der Waals surface area contributed by atoms with E-state index >= 15 is 0 Å². The quantitative estimate of drug-likeness (QED) is 0.795. The van der Waals surface area contributed by atoms with Crippen molar-refractivity contribution in [1.29, 1.82) is 0 Å². The predicted molar refractivity (Wildman–Crippen MR) is 78.3 cm³/mol. The third-order valence-corrected chi connectivity index (χ3v) is 5.19. The maximum Gasteiger partial charge on any atom is 0.284 e. The van der Waals surface area contributed by atoms with Crippen molar-refractivity contribution in [3.63, 3.8) is 0 Å². The van der Waals surface area contributed by atoms with Gasteiger partial charge in [0.05, 0.1) is 6.10 Å². The SMILES string of the molecule is CC1CN(c2ccc3c(c2)S(=O)(=O)N=C3Cl)CCCO1. The van der Waals surface area contributed by atoms with Crippen LogP contribution in [0.5, 0.6) is 0 Å². The molecule has 20 heavy (non-hydrogen) atoms. The van der Waals surface area contributed by atoms with E-state index in [2.05, 4.69) is 9.30 Å². The summed E-state index contributed by atoms with van der Waals surface area (Å²) in [6, 6.07) is 5.26. The second-order valence-corrected chi connectivity index (χ2v) is 6.95. The molecule has 0 N–H and O–H groups in total. The molecule has 1 unspecified atom stereocenters. The Morgan fingerprint density at radius 2 is 2.25 bits per heavy atom. The lowest BCUT2D eigenvalue weighted by molar-refractivity contribution is 0.0821. The van der Waals surface area contributed by atoms with Gasteiger partial charge in [-0.1, -0.05) is 11.6 Å². The minimum absolute atomic E-state index is 0.0408. The molecule has 0 bridgehead atoms. The summed E-state index contributed by atoms with van der Waals surface area (Å²) in [5, 5.41) is 0.0408. The molecule has 0 aromatic heterocycles. The van der Waals surface area contributed by atoms with Crippen LogP contribution >= 0.6 is 11.6 Å². The molecule has 2 heterocycles. The van der Waals surface area contributed by atoms with Crippen molar-refractivity contribution >= 4 is 32.5 Å². The summed E-state index contributed by atoms with van der Waals surface area (Å²) >= 11 is 5.85. The normalized spacial score (nSPS) is 25.0. The van der Waals surface area contributed by atoms with Crippen molar-refractivity contribution in [2.24, 2.45) is 4.40 Å². The zero-order chi connectivity index (χ0) is 14.3. The number of nitrogens with zero attached hydrogens (tertiary/aromatic N) is 2. The first-order chi connectivity index (χ1) is 9.47. The van der Waals surface area contributed by atoms with Gasteiger partial charge in [-0.3, -0.25) is 0 Å². The first-order valence-corrected chi connectivity index (χ1v) is 8.30. The van der Waals surface area contributed by atoms with E-state index in [-0.39, 0.29) is 16.2 Å². The monoisotopic (exact) mass is 314 g/mol. The fourth-order valence-corrected chi connectivity index (χ4v) is 4.14. The molecule has 1 atom stereocenters. The Morgan fingerprint density at radius 3 is 3.05 bits per heavy atom. The number of sulfonamides is 1. The Hall–Kier alpha value is -1.11. The highest BCUT2D eigenvalue weighted by molar-refractivity contribution is 7.91. The van der Waals surface area contributed by atoms with Crippen molar-refractivity contribution in [3.05, 3.63) is 23.8 Å². The van der Waals surface area contributed by atoms with Crippen molar-refractivity contribution in [3.8, 4) is 0 Å². The molecule has 2 aliphatic heterocycles. The number of hydrogen-bond acceptors (Lipinski definition) is 4. The number of anilines is 1. The first-order valence-electron chi connectivity index (χ1n) is 6.49. The number of halogens is 1. The second kappa shape index (κ2) is 5.02. The summed E-state index contributed by atoms with van der Waals surface area (Å²) in [5.74, 6) is 0. The summed E-state index contributed by atoms with van der Waals surface area (Å²) in [5.41, 5.74) is 1.35.